The van der Waals surface area contributed by atoms with Crippen molar-refractivity contribution in [3.05, 3.63) is 29.8 Å². The zero-order valence-electron chi connectivity index (χ0n) is 10.4. The number of carbonyl (C=O) groups excluding carboxylic acids is 2. The van der Waals surface area contributed by atoms with Gasteiger partial charge in [-0.15, -0.1) is 0 Å². The van der Waals surface area contributed by atoms with Gasteiger partial charge in [0.2, 0.25) is 0 Å². The fraction of sp³-hybridized carbons (Fsp3) is 0.333. The fourth-order valence-electron chi connectivity index (χ4n) is 1.18. The minimum absolute atomic E-state index is 0.185. The monoisotopic (exact) mass is 252 g/mol. The molecule has 0 atom stereocenters. The Hall–Kier alpha value is -2.24. The Morgan fingerprint density at radius 3 is 2.72 bits per heavy atom. The molecule has 18 heavy (non-hydrogen) atoms. The van der Waals surface area contributed by atoms with Crippen LogP contribution in [-0.2, 0) is 9.53 Å². The van der Waals surface area contributed by atoms with E-state index in [1.54, 1.807) is 13.0 Å². The summed E-state index contributed by atoms with van der Waals surface area (Å²) in [6.07, 6.45) is -0.707. The molecule has 0 bridgehead atoms. The molecule has 1 aromatic carbocycles. The summed E-state index contributed by atoms with van der Waals surface area (Å²) in [6.45, 7) is 3.65. The lowest BCUT2D eigenvalue weighted by Gasteiger charge is -2.08. The molecule has 6 nitrogen and oxygen atoms in total. The van der Waals surface area contributed by atoms with Crippen molar-refractivity contribution in [3.8, 4) is 5.75 Å². The van der Waals surface area contributed by atoms with Gasteiger partial charge in [-0.1, -0.05) is 12.1 Å². The standard InChI is InChI=1S/C12H16N2O4/c1-3-17-12(16)14-13-11(15)8-18-10-6-4-5-9(2)7-10/h4-7H,3,8H2,1-2H3,(H,13,15)(H,14,16). The molecular formula is C12H16N2O4. The van der Waals surface area contributed by atoms with Crippen LogP contribution in [0.5, 0.6) is 5.75 Å². The maximum Gasteiger partial charge on any atom is 0.426 e. The van der Waals surface area contributed by atoms with Crippen molar-refractivity contribution < 1.29 is 19.1 Å². The van der Waals surface area contributed by atoms with Crippen LogP contribution in [0, 0.1) is 6.92 Å². The molecule has 0 aliphatic carbocycles. The van der Waals surface area contributed by atoms with Crippen LogP contribution < -0.4 is 15.6 Å². The van der Waals surface area contributed by atoms with Crippen LogP contribution >= 0.6 is 0 Å². The summed E-state index contributed by atoms with van der Waals surface area (Å²) in [5.41, 5.74) is 5.29. The number of hydrogen-bond acceptors (Lipinski definition) is 4. The zero-order chi connectivity index (χ0) is 13.4. The predicted molar refractivity (Wildman–Crippen MR) is 65.0 cm³/mol. The van der Waals surface area contributed by atoms with E-state index in [1.165, 1.54) is 0 Å². The lowest BCUT2D eigenvalue weighted by Crippen LogP contribution is -2.44. The Balaban J connectivity index is 2.27. The van der Waals surface area contributed by atoms with Crippen molar-refractivity contribution in [1.29, 1.82) is 0 Å². The van der Waals surface area contributed by atoms with Gasteiger partial charge in [-0.2, -0.15) is 0 Å². The number of hydrazine groups is 1. The molecule has 1 aromatic rings. The molecule has 2 N–H and O–H groups in total. The molecule has 0 aliphatic rings. The normalized spacial score (nSPS) is 9.44. The summed E-state index contributed by atoms with van der Waals surface area (Å²) in [5.74, 6) is 0.130. The molecule has 0 spiro atoms. The average Bonchev–Trinajstić information content (AvgIpc) is 2.34. The Morgan fingerprint density at radius 2 is 2.06 bits per heavy atom. The van der Waals surface area contributed by atoms with Crippen molar-refractivity contribution in [2.75, 3.05) is 13.2 Å². The van der Waals surface area contributed by atoms with Gasteiger partial charge in [0.05, 0.1) is 6.61 Å². The lowest BCUT2D eigenvalue weighted by molar-refractivity contribution is -0.123. The van der Waals surface area contributed by atoms with Gasteiger partial charge in [0, 0.05) is 0 Å². The summed E-state index contributed by atoms with van der Waals surface area (Å²) in [6, 6.07) is 7.32. The summed E-state index contributed by atoms with van der Waals surface area (Å²) < 4.78 is 9.80. The van der Waals surface area contributed by atoms with E-state index < -0.39 is 12.0 Å². The summed E-state index contributed by atoms with van der Waals surface area (Å²) in [4.78, 5) is 22.2. The van der Waals surface area contributed by atoms with Gasteiger partial charge in [0.1, 0.15) is 5.75 Å². The van der Waals surface area contributed by atoms with Gasteiger partial charge in [0.15, 0.2) is 6.61 Å². The second kappa shape index (κ2) is 7.16. The first-order valence-electron chi connectivity index (χ1n) is 5.53. The topological polar surface area (TPSA) is 76.7 Å². The Kier molecular flexibility index (Phi) is 5.50. The van der Waals surface area contributed by atoms with Crippen LogP contribution in [0.25, 0.3) is 0 Å². The maximum atomic E-state index is 11.3. The molecule has 0 aromatic heterocycles. The number of hydrogen-bond donors (Lipinski definition) is 2. The van der Waals surface area contributed by atoms with E-state index in [1.807, 2.05) is 25.1 Å². The first-order valence-corrected chi connectivity index (χ1v) is 5.53. The first-order chi connectivity index (χ1) is 8.61. The van der Waals surface area contributed by atoms with Crippen LogP contribution in [0.2, 0.25) is 0 Å². The first kappa shape index (κ1) is 13.8. The number of nitrogens with one attached hydrogen (secondary N) is 2. The molecule has 0 fully saturated rings. The highest BCUT2D eigenvalue weighted by atomic mass is 16.6. The van der Waals surface area contributed by atoms with Crippen molar-refractivity contribution in [2.45, 2.75) is 13.8 Å². The molecule has 0 radical (unpaired) electrons. The number of benzene rings is 1. The van der Waals surface area contributed by atoms with Crippen molar-refractivity contribution in [2.24, 2.45) is 0 Å². The molecular weight excluding hydrogens is 236 g/mol. The summed E-state index contributed by atoms with van der Waals surface area (Å²) in [7, 11) is 0. The average molecular weight is 252 g/mol. The second-order valence-corrected chi connectivity index (χ2v) is 3.50. The van der Waals surface area contributed by atoms with E-state index in [4.69, 9.17) is 4.74 Å². The van der Waals surface area contributed by atoms with Gasteiger partial charge in [-0.3, -0.25) is 10.2 Å². The van der Waals surface area contributed by atoms with Crippen molar-refractivity contribution >= 4 is 12.0 Å². The molecule has 1 rings (SSSR count). The molecule has 98 valence electrons. The second-order valence-electron chi connectivity index (χ2n) is 3.50. The molecule has 0 saturated heterocycles. The van der Waals surface area contributed by atoms with E-state index in [2.05, 4.69) is 15.6 Å². The predicted octanol–water partition coefficient (Wildman–Crippen LogP) is 1.15. The minimum Gasteiger partial charge on any atom is -0.484 e. The van der Waals surface area contributed by atoms with Gasteiger partial charge >= 0.3 is 6.09 Å². The smallest absolute Gasteiger partial charge is 0.426 e. The van der Waals surface area contributed by atoms with E-state index in [-0.39, 0.29) is 13.2 Å². The highest BCUT2D eigenvalue weighted by Crippen LogP contribution is 2.11. The molecule has 0 saturated carbocycles. The fourth-order valence-corrected chi connectivity index (χ4v) is 1.18. The molecule has 0 aliphatic heterocycles. The van der Waals surface area contributed by atoms with E-state index in [9.17, 15) is 9.59 Å². The van der Waals surface area contributed by atoms with Gasteiger partial charge in [-0.05, 0) is 31.5 Å². The number of rotatable bonds is 4. The van der Waals surface area contributed by atoms with Gasteiger partial charge in [-0.25, -0.2) is 10.2 Å². The Bertz CT molecular complexity index is 420. The van der Waals surface area contributed by atoms with Crippen LogP contribution in [0.3, 0.4) is 0 Å². The number of amides is 2. The Morgan fingerprint density at radius 1 is 1.28 bits per heavy atom. The molecule has 0 heterocycles. The number of ether oxygens (including phenoxy) is 2. The third-order valence-electron chi connectivity index (χ3n) is 1.94. The van der Waals surface area contributed by atoms with Crippen molar-refractivity contribution in [1.82, 2.24) is 10.9 Å². The maximum absolute atomic E-state index is 11.3. The largest absolute Gasteiger partial charge is 0.484 e. The van der Waals surface area contributed by atoms with E-state index >= 15 is 0 Å². The van der Waals surface area contributed by atoms with Crippen LogP contribution in [-0.4, -0.2) is 25.2 Å². The van der Waals surface area contributed by atoms with Crippen LogP contribution in [0.1, 0.15) is 12.5 Å². The zero-order valence-corrected chi connectivity index (χ0v) is 10.4. The SMILES string of the molecule is CCOC(=O)NNC(=O)COc1cccc(C)c1. The molecule has 6 heteroatoms. The quantitative estimate of drug-likeness (QED) is 0.788. The van der Waals surface area contributed by atoms with E-state index in [0.29, 0.717) is 5.75 Å². The van der Waals surface area contributed by atoms with Gasteiger partial charge < -0.3 is 9.47 Å². The summed E-state index contributed by atoms with van der Waals surface area (Å²) in [5, 5.41) is 0. The minimum atomic E-state index is -0.707. The highest BCUT2D eigenvalue weighted by Gasteiger charge is 2.05. The number of carbonyl (C=O) groups is 2. The van der Waals surface area contributed by atoms with Crippen LogP contribution in [0.15, 0.2) is 24.3 Å². The summed E-state index contributed by atoms with van der Waals surface area (Å²) >= 11 is 0. The third kappa shape index (κ3) is 5.20. The lowest BCUT2D eigenvalue weighted by atomic mass is 10.2. The van der Waals surface area contributed by atoms with Gasteiger partial charge in [0.25, 0.3) is 5.91 Å². The van der Waals surface area contributed by atoms with Crippen molar-refractivity contribution in [3.63, 3.8) is 0 Å². The molecule has 2 amide bonds. The third-order valence-corrected chi connectivity index (χ3v) is 1.94. The number of aryl methyl sites for hydroxylation is 1. The Labute approximate surface area is 105 Å². The highest BCUT2D eigenvalue weighted by molar-refractivity contribution is 5.80. The van der Waals surface area contributed by atoms with Crippen LogP contribution in [0.4, 0.5) is 4.79 Å². The van der Waals surface area contributed by atoms with E-state index in [0.717, 1.165) is 5.56 Å². The molecule has 0 unspecified atom stereocenters.